The summed E-state index contributed by atoms with van der Waals surface area (Å²) in [5.41, 5.74) is 29.7. The van der Waals surface area contributed by atoms with E-state index in [9.17, 15) is 0 Å². The van der Waals surface area contributed by atoms with Crippen molar-refractivity contribution in [3.05, 3.63) is 339 Å². The fourth-order valence-corrected chi connectivity index (χ4v) is 17.4. The Morgan fingerprint density at radius 3 is 1.40 bits per heavy atom. The maximum absolute atomic E-state index is 2.67. The molecule has 0 saturated heterocycles. The van der Waals surface area contributed by atoms with E-state index in [2.05, 4.69) is 360 Å². The normalized spacial score (nSPS) is 12.8. The zero-order valence-electron chi connectivity index (χ0n) is 51.0. The van der Waals surface area contributed by atoms with Crippen molar-refractivity contribution in [2.24, 2.45) is 0 Å². The van der Waals surface area contributed by atoms with Gasteiger partial charge in [0.05, 0.1) is 5.69 Å². The van der Waals surface area contributed by atoms with Crippen LogP contribution in [-0.4, -0.2) is 13.4 Å². The zero-order chi connectivity index (χ0) is 61.5. The summed E-state index contributed by atoms with van der Waals surface area (Å²) >= 11 is 3.83. The number of aryl methyl sites for hydroxylation is 1. The second-order valence-electron chi connectivity index (χ2n) is 24.4. The molecule has 18 rings (SSSR count). The molecule has 93 heavy (non-hydrogen) atoms. The first-order valence-corrected chi connectivity index (χ1v) is 33.6. The first-order chi connectivity index (χ1) is 46.1. The molecule has 8 heteroatoms. The van der Waals surface area contributed by atoms with Crippen LogP contribution in [0.25, 0.3) is 33.4 Å². The molecule has 0 bridgehead atoms. The van der Waals surface area contributed by atoms with E-state index in [-0.39, 0.29) is 13.4 Å². The topological polar surface area (TPSA) is 13.0 Å². The fourth-order valence-electron chi connectivity index (χ4n) is 15.0. The highest BCUT2D eigenvalue weighted by molar-refractivity contribution is 8.00. The number of hydrogen-bond donors (Lipinski definition) is 0. The van der Waals surface area contributed by atoms with E-state index in [1.165, 1.54) is 114 Å². The summed E-state index contributed by atoms with van der Waals surface area (Å²) < 4.78 is 0. The van der Waals surface area contributed by atoms with Gasteiger partial charge >= 0.3 is 0 Å². The van der Waals surface area contributed by atoms with Gasteiger partial charge < -0.3 is 19.6 Å². The van der Waals surface area contributed by atoms with Crippen LogP contribution in [-0.2, 0) is 0 Å². The van der Waals surface area contributed by atoms with Gasteiger partial charge in [0.15, 0.2) is 0 Å². The van der Waals surface area contributed by atoms with E-state index >= 15 is 0 Å². The Morgan fingerprint density at radius 1 is 0.269 bits per heavy atom. The number of nitrogens with zero attached hydrogens (tertiary/aromatic N) is 4. The first kappa shape index (κ1) is 55.0. The monoisotopic (exact) mass is 1220 g/mol. The largest absolute Gasteiger partial charge is 0.311 e. The van der Waals surface area contributed by atoms with E-state index in [4.69, 9.17) is 0 Å². The second-order valence-corrected chi connectivity index (χ2v) is 26.6. The standard InChI is InChI=1S/C85H58B2N4S2/c1-57-26-24-41-70(61-31-12-4-13-32-61)85(57)91-76-56-80-74(86-71-42-20-22-44-75(71)90(65-38-18-7-19-39-65)77-51-68(53-82(93-80)83(77)86)88(63-34-14-5-15-35-63)64-36-16-6-17-37-64)55-73(76)87-72-43-21-23-45-79(72)92-81-54-69(52-78(91)84(81)87)89(66-48-46-60(47-49-66)58-27-8-2-9-28-58)67-40-25-33-62(50-67)59-29-10-3-11-30-59/h2-56H,1H3. The molecule has 4 aliphatic rings. The van der Waals surface area contributed by atoms with Gasteiger partial charge in [0.25, 0.3) is 0 Å². The lowest BCUT2D eigenvalue weighted by atomic mass is 9.31. The first-order valence-electron chi connectivity index (χ1n) is 32.0. The molecule has 0 N–H and O–H groups in total. The smallest absolute Gasteiger partial charge is 0.249 e. The maximum atomic E-state index is 2.67. The molecule has 14 aromatic rings. The van der Waals surface area contributed by atoms with E-state index in [1.807, 2.05) is 23.5 Å². The Balaban J connectivity index is 0.906. The average Bonchev–Trinajstić information content (AvgIpc) is 0.695. The number of fused-ring (bicyclic) bond motifs is 8. The van der Waals surface area contributed by atoms with Gasteiger partial charge in [-0.3, -0.25) is 0 Å². The predicted molar refractivity (Wildman–Crippen MR) is 397 cm³/mol. The molecule has 0 amide bonds. The lowest BCUT2D eigenvalue weighted by Gasteiger charge is -2.44. The van der Waals surface area contributed by atoms with Gasteiger partial charge in [-0.05, 0) is 165 Å². The van der Waals surface area contributed by atoms with Gasteiger partial charge in [-0.25, -0.2) is 0 Å². The van der Waals surface area contributed by atoms with Crippen LogP contribution < -0.4 is 52.4 Å². The number of para-hydroxylation sites is 5. The molecule has 4 aliphatic heterocycles. The molecular weight excluding hydrogens is 1160 g/mol. The van der Waals surface area contributed by atoms with Gasteiger partial charge in [-0.2, -0.15) is 0 Å². The summed E-state index contributed by atoms with van der Waals surface area (Å²) in [6, 6.07) is 124. The highest BCUT2D eigenvalue weighted by Crippen LogP contribution is 2.52. The highest BCUT2D eigenvalue weighted by Gasteiger charge is 2.47. The summed E-state index contributed by atoms with van der Waals surface area (Å²) in [5.74, 6) is 0. The Kier molecular flexibility index (Phi) is 13.5. The predicted octanol–water partition coefficient (Wildman–Crippen LogP) is 19.5. The summed E-state index contributed by atoms with van der Waals surface area (Å²) in [5, 5.41) is 0. The summed E-state index contributed by atoms with van der Waals surface area (Å²) in [6.07, 6.45) is 0. The molecule has 0 saturated carbocycles. The van der Waals surface area contributed by atoms with Gasteiger partial charge in [-0.1, -0.05) is 265 Å². The minimum atomic E-state index is -0.0829. The van der Waals surface area contributed by atoms with Crippen LogP contribution in [0.1, 0.15) is 5.56 Å². The summed E-state index contributed by atoms with van der Waals surface area (Å²) in [7, 11) is 0. The van der Waals surface area contributed by atoms with E-state index in [0.717, 1.165) is 45.4 Å². The molecule has 0 atom stereocenters. The lowest BCUT2D eigenvalue weighted by molar-refractivity contribution is 1.21. The summed E-state index contributed by atoms with van der Waals surface area (Å²) in [6.45, 7) is 2.15. The van der Waals surface area contributed by atoms with Crippen molar-refractivity contribution in [1.29, 1.82) is 0 Å². The molecule has 0 spiro atoms. The quantitative estimate of drug-likeness (QED) is 0.119. The molecule has 0 fully saturated rings. The van der Waals surface area contributed by atoms with Gasteiger partial charge in [0.1, 0.15) is 0 Å². The minimum absolute atomic E-state index is 0.0691. The number of hydrogen-bond acceptors (Lipinski definition) is 6. The summed E-state index contributed by atoms with van der Waals surface area (Å²) in [4.78, 5) is 15.1. The Hall–Kier alpha value is -10.9. The maximum Gasteiger partial charge on any atom is 0.249 e. The second kappa shape index (κ2) is 22.8. The average molecular weight is 1220 g/mol. The van der Waals surface area contributed by atoms with Crippen LogP contribution in [0.4, 0.5) is 68.2 Å². The molecule has 436 valence electrons. The lowest BCUT2D eigenvalue weighted by Crippen LogP contribution is -2.64. The van der Waals surface area contributed by atoms with Crippen molar-refractivity contribution in [3.63, 3.8) is 0 Å². The molecule has 0 unspecified atom stereocenters. The van der Waals surface area contributed by atoms with Gasteiger partial charge in [0.2, 0.25) is 13.4 Å². The third-order valence-electron chi connectivity index (χ3n) is 19.0. The van der Waals surface area contributed by atoms with Gasteiger partial charge in [0, 0.05) is 87.7 Å². The molecule has 14 aromatic carbocycles. The molecule has 0 radical (unpaired) electrons. The molecule has 0 aromatic heterocycles. The zero-order valence-corrected chi connectivity index (χ0v) is 52.6. The SMILES string of the molecule is Cc1cccc(-c2ccccc2)c1N1c2cc3c(cc2B2c4ccccc4Sc4cc(N(c5ccc(-c6ccccc6)cc5)c5cccc(-c6ccccc6)c5)cc1c42)B1c2ccccc2N(c2ccccc2)c2cc(N(c4ccccc4)c4ccccc4)cc(c21)S3. The molecule has 4 nitrogen and oxygen atoms in total. The number of benzene rings is 14. The molecule has 0 aliphatic carbocycles. The number of anilines is 12. The minimum Gasteiger partial charge on any atom is -0.311 e. The van der Waals surface area contributed by atoms with E-state index < -0.39 is 0 Å². The van der Waals surface area contributed by atoms with Crippen LogP contribution in [0.2, 0.25) is 0 Å². The van der Waals surface area contributed by atoms with Gasteiger partial charge in [-0.15, -0.1) is 0 Å². The van der Waals surface area contributed by atoms with Crippen LogP contribution in [0.15, 0.2) is 353 Å². The Bertz CT molecular complexity index is 5150. The van der Waals surface area contributed by atoms with Crippen LogP contribution in [0.3, 0.4) is 0 Å². The Morgan fingerprint density at radius 2 is 0.742 bits per heavy atom. The molecule has 4 heterocycles. The van der Waals surface area contributed by atoms with Crippen molar-refractivity contribution >= 4 is 138 Å². The van der Waals surface area contributed by atoms with E-state index in [1.54, 1.807) is 0 Å². The van der Waals surface area contributed by atoms with Crippen molar-refractivity contribution < 1.29 is 0 Å². The highest BCUT2D eigenvalue weighted by atomic mass is 32.2. The van der Waals surface area contributed by atoms with Crippen LogP contribution >= 0.6 is 23.5 Å². The third-order valence-corrected chi connectivity index (χ3v) is 21.3. The van der Waals surface area contributed by atoms with Crippen LogP contribution in [0, 0.1) is 6.92 Å². The van der Waals surface area contributed by atoms with Crippen molar-refractivity contribution in [2.75, 3.05) is 19.6 Å². The number of rotatable bonds is 11. The van der Waals surface area contributed by atoms with E-state index in [0.29, 0.717) is 0 Å². The molecular formula is C85H58B2N4S2. The third kappa shape index (κ3) is 9.34. The van der Waals surface area contributed by atoms with Crippen molar-refractivity contribution in [1.82, 2.24) is 0 Å². The van der Waals surface area contributed by atoms with Crippen molar-refractivity contribution in [2.45, 2.75) is 26.5 Å². The Labute approximate surface area is 552 Å². The van der Waals surface area contributed by atoms with Crippen molar-refractivity contribution in [3.8, 4) is 33.4 Å². The van der Waals surface area contributed by atoms with Crippen LogP contribution in [0.5, 0.6) is 0 Å². The fraction of sp³-hybridized carbons (Fsp3) is 0.0118.